The lowest BCUT2D eigenvalue weighted by Gasteiger charge is -2.60. The second kappa shape index (κ2) is 8.19. The van der Waals surface area contributed by atoms with E-state index in [1.807, 2.05) is 0 Å². The van der Waals surface area contributed by atoms with Crippen LogP contribution in [0.5, 0.6) is 0 Å². The molecule has 0 heterocycles. The van der Waals surface area contributed by atoms with Gasteiger partial charge in [0.05, 0.1) is 5.71 Å². The number of nitrogens with zero attached hydrogens (tertiary/aromatic N) is 1. The molecule has 0 unspecified atom stereocenters. The molecule has 166 valence electrons. The summed E-state index contributed by atoms with van der Waals surface area (Å²) in [6.45, 7) is 12.5. The van der Waals surface area contributed by atoms with Crippen molar-refractivity contribution in [2.24, 2.45) is 57.4 Å². The summed E-state index contributed by atoms with van der Waals surface area (Å²) in [4.78, 5) is 0. The Morgan fingerprint density at radius 3 is 2.41 bits per heavy atom. The molecule has 2 nitrogen and oxygen atoms in total. The van der Waals surface area contributed by atoms with E-state index < -0.39 is 0 Å². The van der Waals surface area contributed by atoms with Gasteiger partial charge in [-0.2, -0.15) is 0 Å². The summed E-state index contributed by atoms with van der Waals surface area (Å²) in [5, 5.41) is 13.8. The van der Waals surface area contributed by atoms with E-state index in [9.17, 15) is 5.21 Å². The maximum absolute atomic E-state index is 9.91. The zero-order valence-electron chi connectivity index (χ0n) is 19.9. The number of fused-ring (bicyclic) bond motifs is 5. The zero-order valence-corrected chi connectivity index (χ0v) is 19.9. The summed E-state index contributed by atoms with van der Waals surface area (Å²) in [7, 11) is 0. The Balaban J connectivity index is 1.53. The van der Waals surface area contributed by atoms with Gasteiger partial charge in [-0.3, -0.25) is 0 Å². The number of oxime groups is 1. The topological polar surface area (TPSA) is 32.6 Å². The fourth-order valence-electron chi connectivity index (χ4n) is 9.26. The van der Waals surface area contributed by atoms with Crippen LogP contribution in [-0.2, 0) is 0 Å². The van der Waals surface area contributed by atoms with Gasteiger partial charge in [-0.15, -0.1) is 0 Å². The lowest BCUT2D eigenvalue weighted by atomic mass is 9.44. The Labute approximate surface area is 180 Å². The predicted octanol–water partition coefficient (Wildman–Crippen LogP) is 7.94. The molecular formula is C27H47NO. The van der Waals surface area contributed by atoms with Crippen LogP contribution in [0.2, 0.25) is 0 Å². The van der Waals surface area contributed by atoms with E-state index in [1.165, 1.54) is 76.3 Å². The van der Waals surface area contributed by atoms with Crippen LogP contribution in [0.25, 0.3) is 0 Å². The number of hydrogen-bond acceptors (Lipinski definition) is 2. The molecule has 1 N–H and O–H groups in total. The van der Waals surface area contributed by atoms with Crippen LogP contribution >= 0.6 is 0 Å². The first-order valence-corrected chi connectivity index (χ1v) is 13.0. The van der Waals surface area contributed by atoms with E-state index >= 15 is 0 Å². The first-order chi connectivity index (χ1) is 13.8. The minimum atomic E-state index is 0.394. The van der Waals surface area contributed by atoms with E-state index in [2.05, 4.69) is 39.8 Å². The SMILES string of the molecule is CC(C)CCC[C@@H](C)[C@@H]1CC[C@@H]2[C@@H]3C/C(=N/O)[C@H]4CCCC[C@]4(C)[C@@H]3CC[C@]21C. The molecule has 4 fully saturated rings. The smallest absolute Gasteiger partial charge is 0.0610 e. The largest absolute Gasteiger partial charge is 0.411 e. The van der Waals surface area contributed by atoms with E-state index in [0.717, 1.165) is 41.9 Å². The average molecular weight is 402 g/mol. The van der Waals surface area contributed by atoms with Gasteiger partial charge in [0, 0.05) is 5.92 Å². The molecule has 0 saturated heterocycles. The molecule has 0 spiro atoms. The van der Waals surface area contributed by atoms with Gasteiger partial charge in [-0.1, -0.05) is 71.9 Å². The van der Waals surface area contributed by atoms with Gasteiger partial charge >= 0.3 is 0 Å². The summed E-state index contributed by atoms with van der Waals surface area (Å²) < 4.78 is 0. The molecule has 2 heteroatoms. The minimum absolute atomic E-state index is 0.394. The molecule has 8 atom stereocenters. The Kier molecular flexibility index (Phi) is 6.13. The first-order valence-electron chi connectivity index (χ1n) is 13.0. The second-order valence-electron chi connectivity index (χ2n) is 12.5. The quantitative estimate of drug-likeness (QED) is 0.368. The average Bonchev–Trinajstić information content (AvgIpc) is 3.04. The van der Waals surface area contributed by atoms with Crippen molar-refractivity contribution in [3.8, 4) is 0 Å². The number of rotatable bonds is 5. The summed E-state index contributed by atoms with van der Waals surface area (Å²) in [6.07, 6.45) is 16.4. The molecule has 0 aromatic carbocycles. The normalized spacial score (nSPS) is 47.0. The Hall–Kier alpha value is -0.530. The number of hydrogen-bond donors (Lipinski definition) is 1. The van der Waals surface area contributed by atoms with Crippen LogP contribution in [0, 0.1) is 52.3 Å². The van der Waals surface area contributed by atoms with Crippen molar-refractivity contribution in [3.05, 3.63) is 0 Å². The molecular weight excluding hydrogens is 354 g/mol. The van der Waals surface area contributed by atoms with Crippen molar-refractivity contribution in [1.29, 1.82) is 0 Å². The molecule has 0 amide bonds. The standard InChI is InChI=1S/C27H47NO/c1-18(2)9-8-10-19(3)21-12-13-22-20-17-25(28-29)24-11-6-7-15-26(24,4)23(20)14-16-27(21,22)5/h18-24,29H,6-17H2,1-5H3/b28-25-/t19-,20+,21+,22-,23-,24-,26-,27+/m1/s1. The summed E-state index contributed by atoms with van der Waals surface area (Å²) in [5.41, 5.74) is 2.09. The van der Waals surface area contributed by atoms with Crippen molar-refractivity contribution in [2.45, 2.75) is 112 Å². The van der Waals surface area contributed by atoms with Crippen molar-refractivity contribution < 1.29 is 5.21 Å². The van der Waals surface area contributed by atoms with E-state index in [-0.39, 0.29) is 0 Å². The van der Waals surface area contributed by atoms with Gasteiger partial charge in [0.2, 0.25) is 0 Å². The van der Waals surface area contributed by atoms with Crippen molar-refractivity contribution in [1.82, 2.24) is 0 Å². The summed E-state index contributed by atoms with van der Waals surface area (Å²) in [5.74, 6) is 5.67. The van der Waals surface area contributed by atoms with E-state index in [4.69, 9.17) is 0 Å². The molecule has 4 aliphatic carbocycles. The van der Waals surface area contributed by atoms with Gasteiger partial charge in [0.25, 0.3) is 0 Å². The highest BCUT2D eigenvalue weighted by atomic mass is 16.4. The van der Waals surface area contributed by atoms with E-state index in [0.29, 0.717) is 16.7 Å². The molecule has 29 heavy (non-hydrogen) atoms. The van der Waals surface area contributed by atoms with Crippen LogP contribution < -0.4 is 0 Å². The highest BCUT2D eigenvalue weighted by Crippen LogP contribution is 2.68. The molecule has 0 aliphatic heterocycles. The van der Waals surface area contributed by atoms with Crippen molar-refractivity contribution in [2.75, 3.05) is 0 Å². The molecule has 0 aromatic rings. The molecule has 4 rings (SSSR count). The summed E-state index contributed by atoms with van der Waals surface area (Å²) >= 11 is 0. The lowest BCUT2D eigenvalue weighted by Crippen LogP contribution is -2.56. The van der Waals surface area contributed by atoms with Crippen LogP contribution in [0.15, 0.2) is 5.16 Å². The van der Waals surface area contributed by atoms with Gasteiger partial charge < -0.3 is 5.21 Å². The van der Waals surface area contributed by atoms with Crippen LogP contribution in [0.1, 0.15) is 112 Å². The molecule has 0 bridgehead atoms. The predicted molar refractivity (Wildman–Crippen MR) is 122 cm³/mol. The van der Waals surface area contributed by atoms with Gasteiger partial charge in [-0.25, -0.2) is 0 Å². The minimum Gasteiger partial charge on any atom is -0.411 e. The van der Waals surface area contributed by atoms with Crippen LogP contribution in [0.4, 0.5) is 0 Å². The first kappa shape index (κ1) is 21.7. The van der Waals surface area contributed by atoms with Gasteiger partial charge in [0.1, 0.15) is 0 Å². The monoisotopic (exact) mass is 401 g/mol. The van der Waals surface area contributed by atoms with E-state index in [1.54, 1.807) is 0 Å². The molecule has 4 saturated carbocycles. The molecule has 0 radical (unpaired) electrons. The fraction of sp³-hybridized carbons (Fsp3) is 0.963. The molecule has 0 aromatic heterocycles. The van der Waals surface area contributed by atoms with Gasteiger partial charge in [-0.05, 0) is 91.3 Å². The Morgan fingerprint density at radius 1 is 0.931 bits per heavy atom. The van der Waals surface area contributed by atoms with Crippen LogP contribution in [-0.4, -0.2) is 10.9 Å². The maximum atomic E-state index is 9.91. The highest BCUT2D eigenvalue weighted by Gasteiger charge is 2.61. The van der Waals surface area contributed by atoms with Gasteiger partial charge in [0.15, 0.2) is 0 Å². The highest BCUT2D eigenvalue weighted by molar-refractivity contribution is 5.88. The van der Waals surface area contributed by atoms with Crippen LogP contribution in [0.3, 0.4) is 0 Å². The Bertz CT molecular complexity index is 612. The Morgan fingerprint density at radius 2 is 1.69 bits per heavy atom. The second-order valence-corrected chi connectivity index (χ2v) is 12.5. The maximum Gasteiger partial charge on any atom is 0.0610 e. The van der Waals surface area contributed by atoms with Crippen molar-refractivity contribution in [3.63, 3.8) is 0 Å². The lowest BCUT2D eigenvalue weighted by molar-refractivity contribution is -0.0806. The third-order valence-corrected chi connectivity index (χ3v) is 10.7. The fourth-order valence-corrected chi connectivity index (χ4v) is 9.26. The third-order valence-electron chi connectivity index (χ3n) is 10.7. The zero-order chi connectivity index (χ0) is 20.8. The third kappa shape index (κ3) is 3.59. The summed E-state index contributed by atoms with van der Waals surface area (Å²) in [6, 6.07) is 0. The molecule has 4 aliphatic rings. The van der Waals surface area contributed by atoms with Crippen molar-refractivity contribution >= 4 is 5.71 Å².